The van der Waals surface area contributed by atoms with Crippen LogP contribution in [-0.4, -0.2) is 215 Å². The van der Waals surface area contributed by atoms with Crippen molar-refractivity contribution in [3.8, 4) is 0 Å². The quantitative estimate of drug-likeness (QED) is 0.0451. The molecule has 0 aliphatic carbocycles. The molecule has 0 saturated heterocycles. The second-order valence-corrected chi connectivity index (χ2v) is 19.4. The lowest BCUT2D eigenvalue weighted by molar-refractivity contribution is -0.147. The molecule has 0 spiro atoms. The van der Waals surface area contributed by atoms with Crippen molar-refractivity contribution < 1.29 is 90.1 Å². The van der Waals surface area contributed by atoms with Crippen LogP contribution < -0.4 is 0 Å². The monoisotopic (exact) mass is 1050 g/mol. The van der Waals surface area contributed by atoms with Gasteiger partial charge in [0.05, 0.1) is 191 Å². The Morgan fingerprint density at radius 2 is 0.384 bits per heavy atom. The van der Waals surface area contributed by atoms with Crippen LogP contribution in [0.3, 0.4) is 0 Å². The molecule has 0 rings (SSSR count). The van der Waals surface area contributed by atoms with Crippen LogP contribution in [0.1, 0.15) is 111 Å². The lowest BCUT2D eigenvalue weighted by atomic mass is 10.3. The van der Waals surface area contributed by atoms with Gasteiger partial charge in [0.15, 0.2) is 0 Å². The van der Waals surface area contributed by atoms with Crippen molar-refractivity contribution in [2.45, 2.75) is 208 Å². The molecule has 0 saturated carbocycles. The van der Waals surface area contributed by atoms with Crippen molar-refractivity contribution in [2.24, 2.45) is 0 Å². The molecular weight excluding hydrogens is 953 g/mol. The second kappa shape index (κ2) is 43.9. The molecule has 16 atom stereocenters. The van der Waals surface area contributed by atoms with Gasteiger partial charge in [-0.1, -0.05) is 13.2 Å². The topological polar surface area (TPSA) is 191 Å². The smallest absolute Gasteiger partial charge is 0.330 e. The lowest BCUT2D eigenvalue weighted by Gasteiger charge is -2.24. The highest BCUT2D eigenvalue weighted by atomic mass is 16.6. The number of carbonyl (C=O) groups excluding carboxylic acids is 2. The summed E-state index contributed by atoms with van der Waals surface area (Å²) in [7, 11) is 0. The molecule has 0 aliphatic heterocycles. The Labute approximate surface area is 440 Å². The molecule has 19 heteroatoms. The molecule has 0 heterocycles. The molecule has 0 radical (unpaired) electrons. The van der Waals surface area contributed by atoms with E-state index in [1.165, 1.54) is 0 Å². The van der Waals surface area contributed by atoms with Crippen molar-refractivity contribution >= 4 is 11.9 Å². The van der Waals surface area contributed by atoms with Gasteiger partial charge in [-0.05, 0) is 111 Å². The Kier molecular flexibility index (Phi) is 42.6. The third-order valence-electron chi connectivity index (χ3n) is 10.3. The highest BCUT2D eigenvalue weighted by molar-refractivity contribution is 5.81. The fourth-order valence-corrected chi connectivity index (χ4v) is 5.76. The molecule has 0 N–H and O–H groups in total. The number of rotatable bonds is 50. The second-order valence-electron chi connectivity index (χ2n) is 19.4. The average Bonchev–Trinajstić information content (AvgIpc) is 3.37. The van der Waals surface area contributed by atoms with Gasteiger partial charge in [0, 0.05) is 12.2 Å². The molecule has 0 bridgehead atoms. The van der Waals surface area contributed by atoms with E-state index in [1.54, 1.807) is 6.92 Å². The molecule has 0 aliphatic rings. The Morgan fingerprint density at radius 3 is 0.534 bits per heavy atom. The van der Waals surface area contributed by atoms with Crippen LogP contribution in [-0.2, 0) is 90.1 Å². The molecule has 0 aromatic rings. The Bertz CT molecular complexity index is 1360. The van der Waals surface area contributed by atoms with Crippen LogP contribution in [0.15, 0.2) is 25.3 Å². The van der Waals surface area contributed by atoms with Crippen molar-refractivity contribution in [1.29, 1.82) is 0 Å². The Hall–Kier alpha value is -2.18. The third-order valence-corrected chi connectivity index (χ3v) is 10.3. The van der Waals surface area contributed by atoms with Gasteiger partial charge in [0.1, 0.15) is 12.7 Å². The molecule has 16 unspecified atom stereocenters. The first-order valence-corrected chi connectivity index (χ1v) is 26.4. The minimum atomic E-state index is -0.473. The summed E-state index contributed by atoms with van der Waals surface area (Å²) >= 11 is 0. The molecule has 0 amide bonds. The summed E-state index contributed by atoms with van der Waals surface area (Å²) < 4.78 is 98.7. The molecule has 432 valence electrons. The first-order chi connectivity index (χ1) is 34.5. The predicted octanol–water partition coefficient (Wildman–Crippen LogP) is 6.91. The van der Waals surface area contributed by atoms with Crippen LogP contribution in [0.5, 0.6) is 0 Å². The lowest BCUT2D eigenvalue weighted by Crippen LogP contribution is -2.31. The van der Waals surface area contributed by atoms with E-state index in [0.29, 0.717) is 92.5 Å². The predicted molar refractivity (Wildman–Crippen MR) is 278 cm³/mol. The van der Waals surface area contributed by atoms with Crippen LogP contribution in [0.4, 0.5) is 0 Å². The van der Waals surface area contributed by atoms with Crippen LogP contribution in [0, 0.1) is 0 Å². The Balaban J connectivity index is 4.02. The standard InChI is InChI=1S/C54H102O19/c1-19-53(55)72-35-51(17)70-33-49(15)68-31-47(13)66-29-45(11)64-27-43(9)62-25-41(7)60-23-39(5)58-21-37(3)57-22-38(4)59-24-40(6)61-26-42(8)63-28-44(10)65-30-46(12)67-32-48(14)69-34-50(16)71-36-52(18)73-54(56)20-2/h19-20,37-52H,1-2,21-36H2,3-18H3. The molecule has 19 nitrogen and oxygen atoms in total. The third kappa shape index (κ3) is 43.6. The number of esters is 2. The van der Waals surface area contributed by atoms with Crippen molar-refractivity contribution in [3.63, 3.8) is 0 Å². The van der Waals surface area contributed by atoms with E-state index in [4.69, 9.17) is 80.5 Å². The maximum Gasteiger partial charge on any atom is 0.330 e. The van der Waals surface area contributed by atoms with Crippen LogP contribution >= 0.6 is 0 Å². The minimum absolute atomic E-state index is 0.120. The Morgan fingerprint density at radius 1 is 0.247 bits per heavy atom. The van der Waals surface area contributed by atoms with Gasteiger partial charge < -0.3 is 80.5 Å². The summed E-state index contributed by atoms with van der Waals surface area (Å²) in [5.41, 5.74) is 0. The number of carbonyl (C=O) groups is 2. The number of ether oxygens (including phenoxy) is 17. The summed E-state index contributed by atoms with van der Waals surface area (Å²) in [6.07, 6.45) is -0.143. The van der Waals surface area contributed by atoms with Crippen molar-refractivity contribution in [1.82, 2.24) is 0 Å². The fraction of sp³-hybridized carbons (Fsp3) is 0.889. The maximum absolute atomic E-state index is 11.3. The van der Waals surface area contributed by atoms with Gasteiger partial charge in [-0.3, -0.25) is 0 Å². The average molecular weight is 1060 g/mol. The van der Waals surface area contributed by atoms with E-state index >= 15 is 0 Å². The zero-order valence-corrected chi connectivity index (χ0v) is 47.9. The van der Waals surface area contributed by atoms with E-state index in [2.05, 4.69) is 13.2 Å². The van der Waals surface area contributed by atoms with E-state index in [9.17, 15) is 9.59 Å². The fourth-order valence-electron chi connectivity index (χ4n) is 5.76. The van der Waals surface area contributed by atoms with Crippen molar-refractivity contribution in [3.05, 3.63) is 25.3 Å². The van der Waals surface area contributed by atoms with Gasteiger partial charge in [-0.15, -0.1) is 0 Å². The summed E-state index contributed by atoms with van der Waals surface area (Å²) in [6, 6.07) is 0. The van der Waals surface area contributed by atoms with Gasteiger partial charge in [-0.2, -0.15) is 0 Å². The minimum Gasteiger partial charge on any atom is -0.460 e. The van der Waals surface area contributed by atoms with Crippen molar-refractivity contribution in [2.75, 3.05) is 106 Å². The zero-order chi connectivity index (χ0) is 55.1. The molecule has 0 aromatic carbocycles. The number of hydrogen-bond donors (Lipinski definition) is 0. The SMILES string of the molecule is C=CC(=O)OCC(C)OCC(C)OCC(C)OCC(C)OCC(C)OCC(C)OCC(C)OCC(C)OCC(C)OCC(C)OCC(C)OCC(C)OCC(C)OCC(C)OCC(C)OCC(C)OC(=O)C=C. The summed E-state index contributed by atoms with van der Waals surface area (Å²) in [4.78, 5) is 22.5. The molecular formula is C54H102O19. The highest BCUT2D eigenvalue weighted by Crippen LogP contribution is 2.09. The maximum atomic E-state index is 11.3. The molecule has 73 heavy (non-hydrogen) atoms. The molecule has 0 fully saturated rings. The summed E-state index contributed by atoms with van der Waals surface area (Å²) in [6.45, 7) is 44.0. The van der Waals surface area contributed by atoms with Gasteiger partial charge in [-0.25, -0.2) is 9.59 Å². The zero-order valence-electron chi connectivity index (χ0n) is 47.9. The van der Waals surface area contributed by atoms with Gasteiger partial charge in [0.2, 0.25) is 0 Å². The normalized spacial score (nSPS) is 18.6. The van der Waals surface area contributed by atoms with Gasteiger partial charge >= 0.3 is 11.9 Å². The van der Waals surface area contributed by atoms with E-state index in [0.717, 1.165) is 12.2 Å². The summed E-state index contributed by atoms with van der Waals surface area (Å²) in [5, 5.41) is 0. The van der Waals surface area contributed by atoms with E-state index in [1.807, 2.05) is 104 Å². The largest absolute Gasteiger partial charge is 0.460 e. The van der Waals surface area contributed by atoms with E-state index in [-0.39, 0.29) is 111 Å². The van der Waals surface area contributed by atoms with Gasteiger partial charge in [0.25, 0.3) is 0 Å². The molecule has 0 aromatic heterocycles. The van der Waals surface area contributed by atoms with E-state index < -0.39 is 11.9 Å². The first kappa shape index (κ1) is 70.8. The van der Waals surface area contributed by atoms with Crippen LogP contribution in [0.2, 0.25) is 0 Å². The highest BCUT2D eigenvalue weighted by Gasteiger charge is 2.18. The first-order valence-electron chi connectivity index (χ1n) is 26.4. The number of hydrogen-bond acceptors (Lipinski definition) is 19. The summed E-state index contributed by atoms with van der Waals surface area (Å²) in [5.74, 6) is -0.947. The van der Waals surface area contributed by atoms with Crippen LogP contribution in [0.25, 0.3) is 0 Å².